The topological polar surface area (TPSA) is 66.8 Å². The molecule has 0 saturated heterocycles. The van der Waals surface area contributed by atoms with Crippen LogP contribution in [-0.2, 0) is 11.3 Å². The Hall–Kier alpha value is -2.54. The molecule has 0 unspecified atom stereocenters. The first-order valence-corrected chi connectivity index (χ1v) is 12.9. The number of ether oxygens (including phenoxy) is 1. The minimum atomic E-state index is -0.945. The molecule has 2 aromatic rings. The van der Waals surface area contributed by atoms with Crippen LogP contribution < -0.4 is 10.1 Å². The summed E-state index contributed by atoms with van der Waals surface area (Å²) in [5.41, 5.74) is 0.635. The summed E-state index contributed by atoms with van der Waals surface area (Å²) in [7, 11) is 1.64. The second-order valence-corrected chi connectivity index (χ2v) is 9.96. The highest BCUT2D eigenvalue weighted by Gasteiger charge is 2.47. The Morgan fingerprint density at radius 3 is 2.59 bits per heavy atom. The van der Waals surface area contributed by atoms with Crippen LogP contribution in [0.25, 0.3) is 10.9 Å². The van der Waals surface area contributed by atoms with E-state index in [9.17, 15) is 9.59 Å². The summed E-state index contributed by atoms with van der Waals surface area (Å²) in [6.45, 7) is 10.1. The lowest BCUT2D eigenvalue weighted by molar-refractivity contribution is -0.133. The minimum absolute atomic E-state index is 0.0361. The van der Waals surface area contributed by atoms with Gasteiger partial charge in [0.1, 0.15) is 17.0 Å². The summed E-state index contributed by atoms with van der Waals surface area (Å²) in [6, 6.07) is 8.01. The first kappa shape index (κ1) is 24.6. The van der Waals surface area contributed by atoms with Gasteiger partial charge in [0.15, 0.2) is 0 Å². The fraction of sp³-hybridized carbons (Fsp3) is 0.630. The van der Waals surface area contributed by atoms with Crippen LogP contribution in [0.5, 0.6) is 5.75 Å². The van der Waals surface area contributed by atoms with Crippen molar-refractivity contribution in [2.45, 2.75) is 77.4 Å². The molecule has 0 bridgehead atoms. The Kier molecular flexibility index (Phi) is 7.51. The monoisotopic (exact) mass is 468 g/mol. The molecule has 186 valence electrons. The number of carbonyl (C=O) groups excluding carboxylic acids is 2. The van der Waals surface area contributed by atoms with Gasteiger partial charge >= 0.3 is 0 Å². The summed E-state index contributed by atoms with van der Waals surface area (Å²) in [5.74, 6) is 0.643. The number of benzene rings is 1. The van der Waals surface area contributed by atoms with E-state index in [1.54, 1.807) is 7.11 Å². The molecule has 2 aliphatic rings. The highest BCUT2D eigenvalue weighted by molar-refractivity contribution is 6.03. The highest BCUT2D eigenvalue weighted by Crippen LogP contribution is 2.34. The third-order valence-corrected chi connectivity index (χ3v) is 7.82. The second kappa shape index (κ2) is 10.4. The third kappa shape index (κ3) is 4.67. The number of nitrogens with one attached hydrogen (secondary N) is 1. The maximum atomic E-state index is 13.8. The summed E-state index contributed by atoms with van der Waals surface area (Å²) in [4.78, 5) is 31.8. The van der Waals surface area contributed by atoms with Crippen LogP contribution >= 0.6 is 0 Å². The fourth-order valence-corrected chi connectivity index (χ4v) is 5.59. The Balaban J connectivity index is 1.66. The van der Waals surface area contributed by atoms with E-state index in [0.717, 1.165) is 68.4 Å². The number of carbonyl (C=O) groups is 2. The molecule has 2 heterocycles. The van der Waals surface area contributed by atoms with Gasteiger partial charge in [-0.1, -0.05) is 33.1 Å². The number of hydrogen-bond acceptors (Lipinski definition) is 4. The van der Waals surface area contributed by atoms with Crippen LogP contribution in [0.3, 0.4) is 0 Å². The van der Waals surface area contributed by atoms with Crippen LogP contribution in [0.15, 0.2) is 24.3 Å². The molecule has 1 aliphatic heterocycles. The molecule has 0 radical (unpaired) electrons. The van der Waals surface area contributed by atoms with E-state index in [1.807, 2.05) is 40.7 Å². The average molecular weight is 469 g/mol. The van der Waals surface area contributed by atoms with Crippen LogP contribution in [-0.4, -0.2) is 71.1 Å². The zero-order valence-corrected chi connectivity index (χ0v) is 21.2. The van der Waals surface area contributed by atoms with Crippen molar-refractivity contribution in [2.24, 2.45) is 0 Å². The van der Waals surface area contributed by atoms with Gasteiger partial charge in [0, 0.05) is 24.0 Å². The summed E-state index contributed by atoms with van der Waals surface area (Å²) in [6.07, 6.45) is 6.42. The largest absolute Gasteiger partial charge is 0.497 e. The molecule has 1 fully saturated rings. The van der Waals surface area contributed by atoms with Crippen molar-refractivity contribution >= 4 is 22.7 Å². The lowest BCUT2D eigenvalue weighted by Crippen LogP contribution is -2.65. The average Bonchev–Trinajstić information content (AvgIpc) is 3.21. The van der Waals surface area contributed by atoms with Gasteiger partial charge < -0.3 is 24.4 Å². The zero-order chi connectivity index (χ0) is 24.3. The number of amides is 2. The Bertz CT molecular complexity index is 1020. The van der Waals surface area contributed by atoms with E-state index in [-0.39, 0.29) is 17.9 Å². The molecule has 1 N–H and O–H groups in total. The summed E-state index contributed by atoms with van der Waals surface area (Å²) < 4.78 is 7.45. The summed E-state index contributed by atoms with van der Waals surface area (Å²) >= 11 is 0. The van der Waals surface area contributed by atoms with Crippen molar-refractivity contribution in [3.05, 3.63) is 30.0 Å². The van der Waals surface area contributed by atoms with Crippen molar-refractivity contribution in [1.82, 2.24) is 19.7 Å². The molecule has 1 aliphatic carbocycles. The van der Waals surface area contributed by atoms with Crippen molar-refractivity contribution in [3.8, 4) is 5.75 Å². The van der Waals surface area contributed by atoms with Gasteiger partial charge in [-0.2, -0.15) is 0 Å². The predicted molar refractivity (Wildman–Crippen MR) is 135 cm³/mol. The van der Waals surface area contributed by atoms with E-state index >= 15 is 0 Å². The predicted octanol–water partition coefficient (Wildman–Crippen LogP) is 4.05. The first-order chi connectivity index (χ1) is 16.4. The molecule has 1 aromatic carbocycles. The number of nitrogens with zero attached hydrogens (tertiary/aromatic N) is 3. The van der Waals surface area contributed by atoms with E-state index in [2.05, 4.69) is 24.1 Å². The van der Waals surface area contributed by atoms with Crippen LogP contribution in [0, 0.1) is 0 Å². The molecule has 4 rings (SSSR count). The quantitative estimate of drug-likeness (QED) is 0.603. The summed E-state index contributed by atoms with van der Waals surface area (Å²) in [5, 5.41) is 4.30. The Morgan fingerprint density at radius 1 is 1.18 bits per heavy atom. The Labute approximate surface area is 203 Å². The minimum Gasteiger partial charge on any atom is -0.497 e. The van der Waals surface area contributed by atoms with E-state index in [4.69, 9.17) is 4.74 Å². The molecule has 1 atom stereocenters. The van der Waals surface area contributed by atoms with Crippen molar-refractivity contribution < 1.29 is 14.3 Å². The molecule has 0 spiro atoms. The normalized spacial score (nSPS) is 21.2. The standard InChI is InChI=1S/C27H40N4O3/c1-5-29(6-2)15-10-16-31-25(32)24-17-20-13-14-22(34-4)18-23(20)30(24)19-27(31,3)26(33)28-21-11-8-7-9-12-21/h13-14,17-18,21H,5-12,15-16,19H2,1-4H3,(H,28,33)/t27-/m1/s1. The van der Waals surface area contributed by atoms with Crippen LogP contribution in [0.2, 0.25) is 0 Å². The molecule has 34 heavy (non-hydrogen) atoms. The van der Waals surface area contributed by atoms with Gasteiger partial charge in [-0.05, 0) is 64.0 Å². The maximum Gasteiger partial charge on any atom is 0.271 e. The van der Waals surface area contributed by atoms with Gasteiger partial charge in [-0.15, -0.1) is 0 Å². The number of fused-ring (bicyclic) bond motifs is 3. The third-order valence-electron chi connectivity index (χ3n) is 7.82. The van der Waals surface area contributed by atoms with Gasteiger partial charge in [-0.25, -0.2) is 0 Å². The molecule has 7 heteroatoms. The first-order valence-electron chi connectivity index (χ1n) is 12.9. The van der Waals surface area contributed by atoms with Crippen LogP contribution in [0.1, 0.15) is 69.8 Å². The highest BCUT2D eigenvalue weighted by atomic mass is 16.5. The van der Waals surface area contributed by atoms with Gasteiger partial charge in [0.2, 0.25) is 5.91 Å². The van der Waals surface area contributed by atoms with E-state index < -0.39 is 5.54 Å². The smallest absolute Gasteiger partial charge is 0.271 e. The Morgan fingerprint density at radius 2 is 1.91 bits per heavy atom. The second-order valence-electron chi connectivity index (χ2n) is 9.96. The number of aromatic nitrogens is 1. The van der Waals surface area contributed by atoms with Crippen molar-refractivity contribution in [1.29, 1.82) is 0 Å². The van der Waals surface area contributed by atoms with Crippen molar-refractivity contribution in [3.63, 3.8) is 0 Å². The number of hydrogen-bond donors (Lipinski definition) is 1. The molecular formula is C27H40N4O3. The fourth-order valence-electron chi connectivity index (χ4n) is 5.59. The van der Waals surface area contributed by atoms with Gasteiger partial charge in [0.05, 0.1) is 19.2 Å². The molecule has 2 amide bonds. The van der Waals surface area contributed by atoms with Gasteiger partial charge in [-0.3, -0.25) is 9.59 Å². The molecular weight excluding hydrogens is 428 g/mol. The van der Waals surface area contributed by atoms with Crippen LogP contribution in [0.4, 0.5) is 0 Å². The molecule has 1 saturated carbocycles. The lowest BCUT2D eigenvalue weighted by Gasteiger charge is -2.45. The van der Waals surface area contributed by atoms with E-state index in [0.29, 0.717) is 18.8 Å². The number of rotatable bonds is 9. The number of methoxy groups -OCH3 is 1. The zero-order valence-electron chi connectivity index (χ0n) is 21.2. The molecule has 7 nitrogen and oxygen atoms in total. The van der Waals surface area contributed by atoms with Gasteiger partial charge in [0.25, 0.3) is 5.91 Å². The lowest BCUT2D eigenvalue weighted by atomic mass is 9.91. The van der Waals surface area contributed by atoms with Crippen molar-refractivity contribution in [2.75, 3.05) is 33.3 Å². The van der Waals surface area contributed by atoms with E-state index in [1.165, 1.54) is 6.42 Å². The maximum absolute atomic E-state index is 13.8. The molecule has 1 aromatic heterocycles. The SMILES string of the molecule is CCN(CC)CCCN1C(=O)c2cc3ccc(OC)cc3n2C[C@]1(C)C(=O)NC1CCCCC1.